The summed E-state index contributed by atoms with van der Waals surface area (Å²) < 4.78 is 0. The van der Waals surface area contributed by atoms with E-state index in [1.807, 2.05) is 0 Å². The molecule has 0 aliphatic rings. The molecule has 4 aromatic carbocycles. The zero-order valence-electron chi connectivity index (χ0n) is 19.8. The fraction of sp³-hybridized carbons (Fsp3) is 0.308. The summed E-state index contributed by atoms with van der Waals surface area (Å²) in [6.45, 7) is 8.87. The van der Waals surface area contributed by atoms with Gasteiger partial charge in [-0.3, -0.25) is 0 Å². The maximum atomic E-state index is 3.50. The van der Waals surface area contributed by atoms with Crippen LogP contribution in [-0.4, -0.2) is 33.6 Å². The number of hydrogen-bond donors (Lipinski definition) is 0. The first-order valence-corrected chi connectivity index (χ1v) is 16.2. The van der Waals surface area contributed by atoms with Crippen LogP contribution < -0.4 is 0 Å². The van der Waals surface area contributed by atoms with Crippen molar-refractivity contribution in [2.75, 3.05) is 28.2 Å². The third-order valence-electron chi connectivity index (χ3n) is 3.52. The summed E-state index contributed by atoms with van der Waals surface area (Å²) in [5, 5.41) is 12.4. The molecule has 0 spiro atoms. The molecular weight excluding hydrogens is 460 g/mol. The summed E-state index contributed by atoms with van der Waals surface area (Å²) in [4.78, 5) is 0. The second-order valence-electron chi connectivity index (χ2n) is 7.22. The van der Waals surface area contributed by atoms with E-state index in [9.17, 15) is 0 Å². The Kier molecular flexibility index (Phi) is 16.6. The Bertz CT molecular complexity index is 825. The van der Waals surface area contributed by atoms with Gasteiger partial charge in [-0.25, -0.2) is 0 Å². The maximum Gasteiger partial charge on any atom is -0.0579 e. The summed E-state index contributed by atoms with van der Waals surface area (Å²) >= 11 is 1.74. The molecular formula is C26H36N2SiZr-2. The summed E-state index contributed by atoms with van der Waals surface area (Å²) in [5.41, 5.74) is 2.91. The van der Waals surface area contributed by atoms with Gasteiger partial charge in [0.05, 0.1) is 0 Å². The Labute approximate surface area is 199 Å². The molecule has 0 saturated carbocycles. The van der Waals surface area contributed by atoms with E-state index in [-0.39, 0.29) is 5.43 Å². The molecule has 4 aromatic rings. The smallest absolute Gasteiger partial charge is 0.0579 e. The molecule has 0 radical (unpaired) electrons. The van der Waals surface area contributed by atoms with E-state index >= 15 is 0 Å². The fourth-order valence-corrected chi connectivity index (χ4v) is 2.61. The molecule has 0 unspecified atom stereocenters. The zero-order valence-corrected chi connectivity index (χ0v) is 23.3. The van der Waals surface area contributed by atoms with Gasteiger partial charge in [-0.15, -0.1) is 81.2 Å². The van der Waals surface area contributed by atoms with Gasteiger partial charge in [-0.05, 0) is 0 Å². The summed E-state index contributed by atoms with van der Waals surface area (Å²) in [6, 6.07) is 25.7. The molecule has 0 N–H and O–H groups in total. The van der Waals surface area contributed by atoms with Crippen LogP contribution in [0.3, 0.4) is 0 Å². The zero-order chi connectivity index (χ0) is 22.9. The van der Waals surface area contributed by atoms with Crippen LogP contribution in [0.25, 0.3) is 32.2 Å². The van der Waals surface area contributed by atoms with E-state index in [2.05, 4.69) is 110 Å². The second kappa shape index (κ2) is 17.4. The van der Waals surface area contributed by atoms with Crippen LogP contribution in [-0.2, 0) is 23.3 Å². The SMILES string of the molecule is C[N-]C.C[N-]C.C[Si](C)=[Zr+2].Cc1cc2ccccc2[cH-]1.Cc1cc2ccccc2[cH-]1. The molecule has 2 nitrogen and oxygen atoms in total. The second-order valence-corrected chi connectivity index (χ2v) is 16.6. The largest absolute Gasteiger partial charge is 0.165 e. The van der Waals surface area contributed by atoms with Crippen molar-refractivity contribution in [2.24, 2.45) is 0 Å². The standard InChI is InChI=1S/2C10H9.2C2H6N.C2H6Si.Zr/c2*1-8-6-9-4-2-3-5-10(9)7-8;3*1-3-2;/h2*2-7H,1H3;3*1-2H3;/q4*-1;;+2. The van der Waals surface area contributed by atoms with E-state index in [4.69, 9.17) is 0 Å². The van der Waals surface area contributed by atoms with Crippen molar-refractivity contribution >= 4 is 27.0 Å². The molecule has 30 heavy (non-hydrogen) atoms. The van der Waals surface area contributed by atoms with Crippen LogP contribution in [0.5, 0.6) is 0 Å². The maximum absolute atomic E-state index is 3.50. The van der Waals surface area contributed by atoms with E-state index in [0.717, 1.165) is 0 Å². The normalized spacial score (nSPS) is 9.13. The van der Waals surface area contributed by atoms with Crippen LogP contribution in [0.2, 0.25) is 13.1 Å². The number of benzene rings is 2. The van der Waals surface area contributed by atoms with E-state index in [1.54, 1.807) is 51.5 Å². The third-order valence-corrected chi connectivity index (χ3v) is 3.52. The van der Waals surface area contributed by atoms with Crippen LogP contribution in [0.4, 0.5) is 0 Å². The van der Waals surface area contributed by atoms with Crippen LogP contribution in [0.15, 0.2) is 72.8 Å². The molecule has 160 valence electrons. The van der Waals surface area contributed by atoms with Gasteiger partial charge in [-0.1, -0.05) is 26.0 Å². The van der Waals surface area contributed by atoms with Crippen LogP contribution in [0, 0.1) is 13.8 Å². The van der Waals surface area contributed by atoms with Crippen molar-refractivity contribution in [2.45, 2.75) is 26.9 Å². The first kappa shape index (κ1) is 28.7. The van der Waals surface area contributed by atoms with Crippen molar-refractivity contribution < 1.29 is 23.3 Å². The van der Waals surface area contributed by atoms with Gasteiger partial charge in [0.15, 0.2) is 0 Å². The van der Waals surface area contributed by atoms with Gasteiger partial charge in [0, 0.05) is 0 Å². The quantitative estimate of drug-likeness (QED) is 0.176. The Balaban J connectivity index is 0.000000395. The minimum absolute atomic E-state index is 0.210. The number of rotatable bonds is 0. The van der Waals surface area contributed by atoms with Crippen LogP contribution in [0.1, 0.15) is 11.1 Å². The van der Waals surface area contributed by atoms with E-state index < -0.39 is 0 Å². The fourth-order valence-electron chi connectivity index (χ4n) is 2.61. The molecule has 0 amide bonds. The molecule has 0 heterocycles. The number of aryl methyl sites for hydroxylation is 2. The van der Waals surface area contributed by atoms with Gasteiger partial charge in [-0.2, -0.15) is 40.3 Å². The molecule has 0 bridgehead atoms. The van der Waals surface area contributed by atoms with Gasteiger partial charge in [0.25, 0.3) is 0 Å². The molecule has 0 aliphatic heterocycles. The molecule has 0 saturated heterocycles. The van der Waals surface area contributed by atoms with Gasteiger partial charge in [0.1, 0.15) is 0 Å². The predicted molar refractivity (Wildman–Crippen MR) is 136 cm³/mol. The summed E-state index contributed by atoms with van der Waals surface area (Å²) in [7, 11) is 7.00. The van der Waals surface area contributed by atoms with Crippen LogP contribution >= 0.6 is 0 Å². The minimum atomic E-state index is 0.210. The monoisotopic (exact) mass is 494 g/mol. The average molecular weight is 496 g/mol. The number of nitrogens with zero attached hydrogens (tertiary/aromatic N) is 2. The average Bonchev–Trinajstić information content (AvgIpc) is 3.23. The minimum Gasteiger partial charge on any atom is -0.165 e. The van der Waals surface area contributed by atoms with Crippen molar-refractivity contribution in [3.63, 3.8) is 0 Å². The van der Waals surface area contributed by atoms with Gasteiger partial charge >= 0.3 is 41.9 Å². The van der Waals surface area contributed by atoms with Crippen molar-refractivity contribution in [1.29, 1.82) is 0 Å². The van der Waals surface area contributed by atoms with E-state index in [1.165, 1.54) is 32.7 Å². The molecule has 0 fully saturated rings. The number of fused-ring (bicyclic) bond motifs is 2. The molecule has 0 atom stereocenters. The Morgan fingerprint density at radius 2 is 0.933 bits per heavy atom. The Morgan fingerprint density at radius 3 is 1.20 bits per heavy atom. The van der Waals surface area contributed by atoms with Crippen molar-refractivity contribution in [1.82, 2.24) is 0 Å². The summed E-state index contributed by atoms with van der Waals surface area (Å²) in [5.74, 6) is 0. The molecule has 0 aromatic heterocycles. The van der Waals surface area contributed by atoms with E-state index in [0.29, 0.717) is 0 Å². The first-order chi connectivity index (χ1) is 14.3. The first-order valence-electron chi connectivity index (χ1n) is 10.0. The predicted octanol–water partition coefficient (Wildman–Crippen LogP) is 7.76. The number of hydrogen-bond acceptors (Lipinski definition) is 0. The molecule has 4 heteroatoms. The van der Waals surface area contributed by atoms with Crippen molar-refractivity contribution in [3.8, 4) is 0 Å². The van der Waals surface area contributed by atoms with Gasteiger partial charge in [0.2, 0.25) is 0 Å². The Morgan fingerprint density at radius 1 is 0.667 bits per heavy atom. The topological polar surface area (TPSA) is 28.2 Å². The van der Waals surface area contributed by atoms with Crippen molar-refractivity contribution in [3.05, 3.63) is 94.6 Å². The summed E-state index contributed by atoms with van der Waals surface area (Å²) in [6.07, 6.45) is 0. The Hall–Kier alpha value is -1.32. The van der Waals surface area contributed by atoms with Gasteiger partial charge < -0.3 is 10.6 Å². The third kappa shape index (κ3) is 13.1. The molecule has 4 rings (SSSR count). The molecule has 0 aliphatic carbocycles.